The van der Waals surface area contributed by atoms with Gasteiger partial charge in [0.2, 0.25) is 0 Å². The molecule has 1 nitrogen and oxygen atoms in total. The molecule has 0 radical (unpaired) electrons. The fraction of sp³-hybridized carbons (Fsp3) is 0.571. The lowest BCUT2D eigenvalue weighted by Gasteiger charge is -2.22. The van der Waals surface area contributed by atoms with Gasteiger partial charge in [-0.15, -0.1) is 0 Å². The first-order chi connectivity index (χ1) is 7.06. The third-order valence-corrected chi connectivity index (χ3v) is 3.01. The largest absolute Gasteiger partial charge is 0.309 e. The lowest BCUT2D eigenvalue weighted by Crippen LogP contribution is -2.29. The minimum absolute atomic E-state index is 0.373. The molecule has 0 fully saturated rings. The Balaban J connectivity index is 2.02. The summed E-state index contributed by atoms with van der Waals surface area (Å²) in [5.74, 6) is 0. The van der Waals surface area contributed by atoms with Gasteiger partial charge >= 0.3 is 0 Å². The van der Waals surface area contributed by atoms with Crippen LogP contribution in [0.15, 0.2) is 24.3 Å². The highest BCUT2D eigenvalue weighted by atomic mass is 14.9. The van der Waals surface area contributed by atoms with Crippen molar-refractivity contribution in [2.75, 3.05) is 6.54 Å². The molecule has 2 rings (SSSR count). The van der Waals surface area contributed by atoms with Crippen molar-refractivity contribution >= 4 is 0 Å². The SMILES string of the molecule is CC(C)(C)CN[C@@H]1CCc2ccccc21. The molecule has 0 saturated carbocycles. The smallest absolute Gasteiger partial charge is 0.0326 e. The van der Waals surface area contributed by atoms with Crippen LogP contribution in [0.3, 0.4) is 0 Å². The summed E-state index contributed by atoms with van der Waals surface area (Å²) in [6.45, 7) is 7.93. The van der Waals surface area contributed by atoms with Crippen molar-refractivity contribution < 1.29 is 0 Å². The van der Waals surface area contributed by atoms with Gasteiger partial charge in [-0.2, -0.15) is 0 Å². The molecule has 1 N–H and O–H groups in total. The molecular formula is C14H21N. The number of aryl methyl sites for hydroxylation is 1. The van der Waals surface area contributed by atoms with E-state index in [1.54, 1.807) is 0 Å². The van der Waals surface area contributed by atoms with E-state index in [1.807, 2.05) is 0 Å². The van der Waals surface area contributed by atoms with Gasteiger partial charge in [-0.3, -0.25) is 0 Å². The van der Waals surface area contributed by atoms with Gasteiger partial charge in [0.15, 0.2) is 0 Å². The van der Waals surface area contributed by atoms with Gasteiger partial charge in [0.25, 0.3) is 0 Å². The van der Waals surface area contributed by atoms with Crippen LogP contribution in [0.1, 0.15) is 44.4 Å². The van der Waals surface area contributed by atoms with Gasteiger partial charge < -0.3 is 5.32 Å². The normalized spacial score (nSPS) is 20.3. The highest BCUT2D eigenvalue weighted by molar-refractivity contribution is 5.34. The lowest BCUT2D eigenvalue weighted by molar-refractivity contribution is 0.352. The summed E-state index contributed by atoms with van der Waals surface area (Å²) in [5, 5.41) is 3.68. The molecule has 15 heavy (non-hydrogen) atoms. The van der Waals surface area contributed by atoms with Crippen LogP contribution in [-0.4, -0.2) is 6.54 Å². The Labute approximate surface area is 92.9 Å². The van der Waals surface area contributed by atoms with E-state index in [0.29, 0.717) is 11.5 Å². The van der Waals surface area contributed by atoms with Gasteiger partial charge in [0.1, 0.15) is 0 Å². The van der Waals surface area contributed by atoms with Crippen LogP contribution in [0.5, 0.6) is 0 Å². The van der Waals surface area contributed by atoms with Crippen molar-refractivity contribution in [2.45, 2.75) is 39.7 Å². The molecule has 1 aromatic carbocycles. The third-order valence-electron chi connectivity index (χ3n) is 3.01. The maximum absolute atomic E-state index is 3.68. The lowest BCUT2D eigenvalue weighted by atomic mass is 9.96. The summed E-state index contributed by atoms with van der Waals surface area (Å²) in [4.78, 5) is 0. The van der Waals surface area contributed by atoms with Crippen molar-refractivity contribution in [3.63, 3.8) is 0 Å². The minimum atomic E-state index is 0.373. The first kappa shape index (κ1) is 10.7. The van der Waals surface area contributed by atoms with Crippen molar-refractivity contribution in [1.82, 2.24) is 5.32 Å². The zero-order valence-corrected chi connectivity index (χ0v) is 10.0. The fourth-order valence-corrected chi connectivity index (χ4v) is 2.20. The molecule has 1 aliphatic rings. The Kier molecular flexibility index (Phi) is 2.83. The molecule has 1 atom stereocenters. The number of hydrogen-bond donors (Lipinski definition) is 1. The van der Waals surface area contributed by atoms with Crippen LogP contribution in [0.4, 0.5) is 0 Å². The topological polar surface area (TPSA) is 12.0 Å². The quantitative estimate of drug-likeness (QED) is 0.777. The van der Waals surface area contributed by atoms with E-state index >= 15 is 0 Å². The van der Waals surface area contributed by atoms with E-state index in [1.165, 1.54) is 24.0 Å². The first-order valence-corrected chi connectivity index (χ1v) is 5.87. The summed E-state index contributed by atoms with van der Waals surface area (Å²) in [7, 11) is 0. The molecule has 0 spiro atoms. The Bertz CT molecular complexity index is 335. The van der Waals surface area contributed by atoms with Crippen molar-refractivity contribution in [3.05, 3.63) is 35.4 Å². The van der Waals surface area contributed by atoms with Gasteiger partial charge in [0, 0.05) is 12.6 Å². The van der Waals surface area contributed by atoms with Crippen molar-refractivity contribution in [3.8, 4) is 0 Å². The number of hydrogen-bond acceptors (Lipinski definition) is 1. The second-order valence-corrected chi connectivity index (χ2v) is 5.73. The molecule has 1 heteroatoms. The number of rotatable bonds is 2. The Morgan fingerprint density at radius 2 is 2.00 bits per heavy atom. The monoisotopic (exact) mass is 203 g/mol. The Hall–Kier alpha value is -0.820. The van der Waals surface area contributed by atoms with Crippen LogP contribution >= 0.6 is 0 Å². The van der Waals surface area contributed by atoms with E-state index in [2.05, 4.69) is 50.4 Å². The highest BCUT2D eigenvalue weighted by Gasteiger charge is 2.22. The second-order valence-electron chi connectivity index (χ2n) is 5.73. The third kappa shape index (κ3) is 2.60. The van der Waals surface area contributed by atoms with E-state index in [4.69, 9.17) is 0 Å². The van der Waals surface area contributed by atoms with E-state index in [0.717, 1.165) is 6.54 Å². The van der Waals surface area contributed by atoms with Crippen LogP contribution in [0.25, 0.3) is 0 Å². The summed E-state index contributed by atoms with van der Waals surface area (Å²) in [6, 6.07) is 9.40. The van der Waals surface area contributed by atoms with Crippen LogP contribution in [0, 0.1) is 5.41 Å². The zero-order valence-electron chi connectivity index (χ0n) is 10.0. The minimum Gasteiger partial charge on any atom is -0.309 e. The van der Waals surface area contributed by atoms with Crippen molar-refractivity contribution in [2.24, 2.45) is 5.41 Å². The first-order valence-electron chi connectivity index (χ1n) is 5.87. The number of fused-ring (bicyclic) bond motifs is 1. The standard InChI is InChI=1S/C14H21N/c1-14(2,3)10-15-13-9-8-11-6-4-5-7-12(11)13/h4-7,13,15H,8-10H2,1-3H3/t13-/m1/s1. The molecule has 0 aromatic heterocycles. The predicted molar refractivity (Wildman–Crippen MR) is 65.0 cm³/mol. The molecule has 0 amide bonds. The van der Waals surface area contributed by atoms with E-state index in [-0.39, 0.29) is 0 Å². The van der Waals surface area contributed by atoms with Crippen LogP contribution in [0.2, 0.25) is 0 Å². The average Bonchev–Trinajstić information content (AvgIpc) is 2.57. The second kappa shape index (κ2) is 3.97. The van der Waals surface area contributed by atoms with E-state index < -0.39 is 0 Å². The highest BCUT2D eigenvalue weighted by Crippen LogP contribution is 2.31. The molecular weight excluding hydrogens is 182 g/mol. The van der Waals surface area contributed by atoms with Gasteiger partial charge in [-0.05, 0) is 29.4 Å². The number of nitrogens with one attached hydrogen (secondary N) is 1. The Morgan fingerprint density at radius 1 is 1.27 bits per heavy atom. The molecule has 1 aromatic rings. The summed E-state index contributed by atoms with van der Waals surface area (Å²) in [5.41, 5.74) is 3.42. The maximum atomic E-state index is 3.68. The molecule has 1 aliphatic carbocycles. The van der Waals surface area contributed by atoms with Gasteiger partial charge in [-0.25, -0.2) is 0 Å². The van der Waals surface area contributed by atoms with Gasteiger partial charge in [0.05, 0.1) is 0 Å². The molecule has 0 bridgehead atoms. The van der Waals surface area contributed by atoms with Gasteiger partial charge in [-0.1, -0.05) is 45.0 Å². The molecule has 0 saturated heterocycles. The Morgan fingerprint density at radius 3 is 2.73 bits per heavy atom. The number of benzene rings is 1. The average molecular weight is 203 g/mol. The molecule has 0 heterocycles. The summed E-state index contributed by atoms with van der Waals surface area (Å²) in [6.07, 6.45) is 2.49. The van der Waals surface area contributed by atoms with Crippen LogP contribution < -0.4 is 5.32 Å². The van der Waals surface area contributed by atoms with E-state index in [9.17, 15) is 0 Å². The predicted octanol–water partition coefficient (Wildman–Crippen LogP) is 3.31. The fourth-order valence-electron chi connectivity index (χ4n) is 2.20. The molecule has 0 aliphatic heterocycles. The summed E-state index contributed by atoms with van der Waals surface area (Å²) >= 11 is 0. The maximum Gasteiger partial charge on any atom is 0.0326 e. The molecule has 0 unspecified atom stereocenters. The van der Waals surface area contributed by atoms with Crippen molar-refractivity contribution in [1.29, 1.82) is 0 Å². The summed E-state index contributed by atoms with van der Waals surface area (Å²) < 4.78 is 0. The zero-order chi connectivity index (χ0) is 10.9. The van der Waals surface area contributed by atoms with Crippen LogP contribution in [-0.2, 0) is 6.42 Å². The molecule has 82 valence electrons.